The van der Waals surface area contributed by atoms with Gasteiger partial charge in [0, 0.05) is 12.1 Å². The number of imidazole rings is 1. The van der Waals surface area contributed by atoms with Crippen LogP contribution >= 0.6 is 11.6 Å². The number of aromatic nitrogens is 2. The lowest BCUT2D eigenvalue weighted by Crippen LogP contribution is -2.04. The molecule has 108 valence electrons. The molecule has 0 saturated heterocycles. The van der Waals surface area contributed by atoms with Crippen molar-refractivity contribution in [1.29, 1.82) is 0 Å². The van der Waals surface area contributed by atoms with Crippen molar-refractivity contribution >= 4 is 22.6 Å². The Hall–Kier alpha value is -2.01. The number of para-hydroxylation sites is 1. The molecule has 3 aromatic rings. The monoisotopic (exact) mass is 310 g/mol. The van der Waals surface area contributed by atoms with E-state index in [1.54, 1.807) is 6.07 Å². The molecule has 0 spiro atoms. The highest BCUT2D eigenvalue weighted by Crippen LogP contribution is 2.28. The van der Waals surface area contributed by atoms with E-state index >= 15 is 0 Å². The summed E-state index contributed by atoms with van der Waals surface area (Å²) in [5.74, 6) is -2.84. The Balaban J connectivity index is 2.41. The Morgan fingerprint density at radius 2 is 1.81 bits per heavy atom. The van der Waals surface area contributed by atoms with Crippen molar-refractivity contribution in [2.45, 2.75) is 12.8 Å². The molecule has 0 atom stereocenters. The number of hydrogen-bond acceptors (Lipinski definition) is 1. The standard InChI is InChI=1S/C15H10ClF3N2/c1-8-3-2-4-12-15(8)21(14(7-16)20-12)13-6-10(18)9(17)5-11(13)19/h2-6H,7H2,1H3. The van der Waals surface area contributed by atoms with Gasteiger partial charge in [0.1, 0.15) is 11.6 Å². The van der Waals surface area contributed by atoms with E-state index in [-0.39, 0.29) is 11.6 Å². The van der Waals surface area contributed by atoms with Crippen molar-refractivity contribution in [3.05, 3.63) is 59.2 Å². The molecule has 21 heavy (non-hydrogen) atoms. The van der Waals surface area contributed by atoms with Crippen LogP contribution < -0.4 is 0 Å². The van der Waals surface area contributed by atoms with Gasteiger partial charge in [-0.05, 0) is 18.6 Å². The van der Waals surface area contributed by atoms with Crippen LogP contribution in [0.5, 0.6) is 0 Å². The van der Waals surface area contributed by atoms with Crippen LogP contribution in [-0.4, -0.2) is 9.55 Å². The Morgan fingerprint density at radius 1 is 1.10 bits per heavy atom. The van der Waals surface area contributed by atoms with Crippen molar-refractivity contribution in [3.63, 3.8) is 0 Å². The van der Waals surface area contributed by atoms with Crippen LogP contribution in [0.15, 0.2) is 30.3 Å². The minimum Gasteiger partial charge on any atom is -0.292 e. The van der Waals surface area contributed by atoms with E-state index in [1.807, 2.05) is 19.1 Å². The minimum atomic E-state index is -1.23. The Kier molecular flexibility index (Phi) is 3.37. The lowest BCUT2D eigenvalue weighted by atomic mass is 10.2. The number of hydrogen-bond donors (Lipinski definition) is 0. The molecule has 0 radical (unpaired) electrons. The van der Waals surface area contributed by atoms with Gasteiger partial charge in [0.25, 0.3) is 0 Å². The second-order valence-electron chi connectivity index (χ2n) is 4.66. The number of benzene rings is 2. The summed E-state index contributed by atoms with van der Waals surface area (Å²) in [5.41, 5.74) is 1.97. The zero-order chi connectivity index (χ0) is 15.1. The van der Waals surface area contributed by atoms with Crippen molar-refractivity contribution in [2.75, 3.05) is 0 Å². The van der Waals surface area contributed by atoms with Crippen LogP contribution in [0.25, 0.3) is 16.7 Å². The molecule has 1 heterocycles. The summed E-state index contributed by atoms with van der Waals surface area (Å²) in [7, 11) is 0. The maximum atomic E-state index is 14.1. The fraction of sp³-hybridized carbons (Fsp3) is 0.133. The van der Waals surface area contributed by atoms with E-state index in [0.717, 1.165) is 11.6 Å². The summed E-state index contributed by atoms with van der Waals surface area (Å²) in [5, 5.41) is 0. The first-order valence-corrected chi connectivity index (χ1v) is 6.74. The molecule has 0 unspecified atom stereocenters. The SMILES string of the molecule is Cc1cccc2nc(CCl)n(-c3cc(F)c(F)cc3F)c12. The van der Waals surface area contributed by atoms with Crippen molar-refractivity contribution < 1.29 is 13.2 Å². The smallest absolute Gasteiger partial charge is 0.161 e. The summed E-state index contributed by atoms with van der Waals surface area (Å²) >= 11 is 5.86. The average Bonchev–Trinajstić information content (AvgIpc) is 2.82. The van der Waals surface area contributed by atoms with Crippen LogP contribution in [0.3, 0.4) is 0 Å². The van der Waals surface area contributed by atoms with Gasteiger partial charge in [0.05, 0.1) is 22.6 Å². The number of nitrogens with zero attached hydrogens (tertiary/aromatic N) is 2. The van der Waals surface area contributed by atoms with Crippen molar-refractivity contribution in [3.8, 4) is 5.69 Å². The largest absolute Gasteiger partial charge is 0.292 e. The fourth-order valence-corrected chi connectivity index (χ4v) is 2.55. The van der Waals surface area contributed by atoms with Gasteiger partial charge in [-0.25, -0.2) is 18.2 Å². The molecule has 0 aliphatic rings. The number of aryl methyl sites for hydroxylation is 1. The first-order chi connectivity index (χ1) is 10.0. The Morgan fingerprint density at radius 3 is 2.52 bits per heavy atom. The highest BCUT2D eigenvalue weighted by Gasteiger charge is 2.18. The third-order valence-corrected chi connectivity index (χ3v) is 3.54. The molecule has 0 aliphatic carbocycles. The second-order valence-corrected chi connectivity index (χ2v) is 4.92. The maximum Gasteiger partial charge on any atom is 0.161 e. The molecule has 3 rings (SSSR count). The van der Waals surface area contributed by atoms with E-state index in [1.165, 1.54) is 4.57 Å². The first-order valence-electron chi connectivity index (χ1n) is 6.20. The third-order valence-electron chi connectivity index (χ3n) is 3.30. The average molecular weight is 311 g/mol. The topological polar surface area (TPSA) is 17.8 Å². The van der Waals surface area contributed by atoms with Gasteiger partial charge in [-0.15, -0.1) is 11.6 Å². The molecule has 0 N–H and O–H groups in total. The van der Waals surface area contributed by atoms with Crippen LogP contribution in [0.1, 0.15) is 11.4 Å². The first kappa shape index (κ1) is 13.9. The van der Waals surface area contributed by atoms with Gasteiger partial charge in [-0.1, -0.05) is 12.1 Å². The molecule has 0 aliphatic heterocycles. The highest BCUT2D eigenvalue weighted by molar-refractivity contribution is 6.17. The number of alkyl halides is 1. The number of fused-ring (bicyclic) bond motifs is 1. The molecule has 0 fully saturated rings. The van der Waals surface area contributed by atoms with E-state index in [9.17, 15) is 13.2 Å². The van der Waals surface area contributed by atoms with Crippen LogP contribution in [0, 0.1) is 24.4 Å². The molecular formula is C15H10ClF3N2. The predicted octanol–water partition coefficient (Wildman–Crippen LogP) is 4.49. The van der Waals surface area contributed by atoms with Crippen molar-refractivity contribution in [2.24, 2.45) is 0 Å². The fourth-order valence-electron chi connectivity index (χ4n) is 2.38. The van der Waals surface area contributed by atoms with Gasteiger partial charge >= 0.3 is 0 Å². The summed E-state index contributed by atoms with van der Waals surface area (Å²) < 4.78 is 42.1. The van der Waals surface area contributed by atoms with E-state index in [2.05, 4.69) is 4.98 Å². The van der Waals surface area contributed by atoms with Gasteiger partial charge in [0.15, 0.2) is 11.6 Å². The summed E-state index contributed by atoms with van der Waals surface area (Å²) in [6.45, 7) is 1.83. The summed E-state index contributed by atoms with van der Waals surface area (Å²) in [6.07, 6.45) is 0. The molecule has 2 aromatic carbocycles. The molecule has 2 nitrogen and oxygen atoms in total. The van der Waals surface area contributed by atoms with Gasteiger partial charge in [0.2, 0.25) is 0 Å². The molecule has 0 bridgehead atoms. The van der Waals surface area contributed by atoms with Crippen molar-refractivity contribution in [1.82, 2.24) is 9.55 Å². The lowest BCUT2D eigenvalue weighted by molar-refractivity contribution is 0.493. The minimum absolute atomic E-state index is 0.0204. The Bertz CT molecular complexity index is 843. The predicted molar refractivity (Wildman–Crippen MR) is 75.2 cm³/mol. The molecule has 6 heteroatoms. The van der Waals surface area contributed by atoms with Gasteiger partial charge in [-0.3, -0.25) is 4.57 Å². The normalized spacial score (nSPS) is 11.3. The van der Waals surface area contributed by atoms with E-state index in [4.69, 9.17) is 11.6 Å². The quantitative estimate of drug-likeness (QED) is 0.504. The van der Waals surface area contributed by atoms with Gasteiger partial charge in [-0.2, -0.15) is 0 Å². The Labute approximate surface area is 123 Å². The van der Waals surface area contributed by atoms with E-state index < -0.39 is 17.5 Å². The molecule has 0 amide bonds. The van der Waals surface area contributed by atoms with Gasteiger partial charge < -0.3 is 0 Å². The summed E-state index contributed by atoms with van der Waals surface area (Å²) in [6, 6.07) is 6.73. The molecular weight excluding hydrogens is 301 g/mol. The van der Waals surface area contributed by atoms with Crippen LogP contribution in [0.2, 0.25) is 0 Å². The number of rotatable bonds is 2. The molecule has 1 aromatic heterocycles. The zero-order valence-corrected chi connectivity index (χ0v) is 11.8. The maximum absolute atomic E-state index is 14.1. The zero-order valence-electron chi connectivity index (χ0n) is 11.0. The highest BCUT2D eigenvalue weighted by atomic mass is 35.5. The van der Waals surface area contributed by atoms with Crippen LogP contribution in [-0.2, 0) is 5.88 Å². The molecule has 0 saturated carbocycles. The number of halogens is 4. The third kappa shape index (κ3) is 2.17. The summed E-state index contributed by atoms with van der Waals surface area (Å²) in [4.78, 5) is 4.31. The lowest BCUT2D eigenvalue weighted by Gasteiger charge is -2.11. The van der Waals surface area contributed by atoms with E-state index in [0.29, 0.717) is 22.9 Å². The second kappa shape index (κ2) is 5.07. The van der Waals surface area contributed by atoms with Crippen LogP contribution in [0.4, 0.5) is 13.2 Å².